The van der Waals surface area contributed by atoms with Gasteiger partial charge in [-0.2, -0.15) is 10.4 Å². The summed E-state index contributed by atoms with van der Waals surface area (Å²) in [6, 6.07) is 8.93. The number of benzene rings is 1. The van der Waals surface area contributed by atoms with Gasteiger partial charge in [0.1, 0.15) is 11.9 Å². The fourth-order valence-electron chi connectivity index (χ4n) is 6.65. The van der Waals surface area contributed by atoms with Gasteiger partial charge in [-0.3, -0.25) is 14.3 Å². The largest absolute Gasteiger partial charge is 0.378 e. The van der Waals surface area contributed by atoms with Crippen molar-refractivity contribution in [3.05, 3.63) is 75.4 Å². The normalized spacial score (nSPS) is 19.3. The van der Waals surface area contributed by atoms with Crippen LogP contribution in [0.5, 0.6) is 0 Å². The van der Waals surface area contributed by atoms with Crippen LogP contribution in [0.25, 0.3) is 33.2 Å². The van der Waals surface area contributed by atoms with Crippen LogP contribution in [0.3, 0.4) is 0 Å². The number of piperidine rings is 1. The Balaban J connectivity index is 1.33. The Labute approximate surface area is 265 Å². The van der Waals surface area contributed by atoms with Gasteiger partial charge in [0.15, 0.2) is 5.65 Å². The molecule has 0 unspecified atom stereocenters. The van der Waals surface area contributed by atoms with Gasteiger partial charge in [0.2, 0.25) is 0 Å². The number of ether oxygens (including phenoxy) is 1. The van der Waals surface area contributed by atoms with Crippen molar-refractivity contribution in [2.75, 3.05) is 26.3 Å². The summed E-state index contributed by atoms with van der Waals surface area (Å²) in [5.74, 6) is 1.15. The summed E-state index contributed by atoms with van der Waals surface area (Å²) in [6.45, 7) is 10.3. The number of likely N-dealkylation sites (tertiary alicyclic amines) is 1. The van der Waals surface area contributed by atoms with Crippen molar-refractivity contribution in [1.29, 1.82) is 5.26 Å². The van der Waals surface area contributed by atoms with Gasteiger partial charge >= 0.3 is 0 Å². The topological polar surface area (TPSA) is 128 Å². The molecule has 0 saturated carbocycles. The molecule has 0 amide bonds. The van der Waals surface area contributed by atoms with Crippen LogP contribution in [-0.4, -0.2) is 71.5 Å². The van der Waals surface area contributed by atoms with E-state index >= 15 is 0 Å². The lowest BCUT2D eigenvalue weighted by Gasteiger charge is -2.44. The van der Waals surface area contributed by atoms with E-state index in [1.54, 1.807) is 4.57 Å². The third-order valence-electron chi connectivity index (χ3n) is 8.98. The number of nitriles is 1. The molecule has 230 valence electrons. The molecule has 6 heterocycles. The van der Waals surface area contributed by atoms with Gasteiger partial charge in [0.05, 0.1) is 71.5 Å². The maximum atomic E-state index is 12.9. The molecule has 0 aliphatic carbocycles. The average Bonchev–Trinajstić information content (AvgIpc) is 3.40. The minimum atomic E-state index is -0.261. The van der Waals surface area contributed by atoms with Crippen molar-refractivity contribution < 1.29 is 4.74 Å². The van der Waals surface area contributed by atoms with Crippen LogP contribution >= 0.6 is 11.6 Å². The van der Waals surface area contributed by atoms with Crippen LogP contribution in [-0.2, 0) is 17.7 Å². The van der Waals surface area contributed by atoms with E-state index in [4.69, 9.17) is 26.4 Å². The predicted molar refractivity (Wildman–Crippen MR) is 171 cm³/mol. The summed E-state index contributed by atoms with van der Waals surface area (Å²) in [5.41, 5.74) is 4.74. The van der Waals surface area contributed by atoms with Gasteiger partial charge in [-0.05, 0) is 42.4 Å². The summed E-state index contributed by atoms with van der Waals surface area (Å²) in [4.78, 5) is 33.5. The van der Waals surface area contributed by atoms with Gasteiger partial charge in [-0.25, -0.2) is 24.6 Å². The summed E-state index contributed by atoms with van der Waals surface area (Å²) in [5, 5.41) is 16.7. The molecule has 2 atom stereocenters. The number of pyridine rings is 1. The maximum Gasteiger partial charge on any atom is 0.269 e. The van der Waals surface area contributed by atoms with Gasteiger partial charge in [0, 0.05) is 36.4 Å². The zero-order valence-electron chi connectivity index (χ0n) is 25.5. The molecule has 1 aromatic carbocycles. The minimum absolute atomic E-state index is 0.174. The van der Waals surface area contributed by atoms with Crippen LogP contribution in [0.2, 0.25) is 5.02 Å². The molecular weight excluding hydrogens is 590 g/mol. The first kappa shape index (κ1) is 29.5. The van der Waals surface area contributed by atoms with Gasteiger partial charge in [-0.15, -0.1) is 0 Å². The Morgan fingerprint density at radius 1 is 1.13 bits per heavy atom. The molecule has 2 aliphatic rings. The lowest BCUT2D eigenvalue weighted by atomic mass is 9.91. The molecule has 4 aromatic heterocycles. The molecule has 2 saturated heterocycles. The maximum absolute atomic E-state index is 12.9. The standard InChI is InChI=1S/C33H34ClN9O2/c1-19(2)8-26-24(10-35)32(25-13-39-43(33(25)40-26)28-6-7-41(15-20(28)3)23-17-45-18-23)21-4-5-29-27(9-21)36-14-31(44)42(29)16-30-37-11-22(34)12-38-30/h4-5,9,11-14,19-20,23,28H,6-8,15-18H2,1-3H3/t20-,28-/m1/s1. The van der Waals surface area contributed by atoms with Gasteiger partial charge in [0.25, 0.3) is 5.56 Å². The van der Waals surface area contributed by atoms with E-state index in [1.807, 2.05) is 24.4 Å². The number of aromatic nitrogens is 7. The van der Waals surface area contributed by atoms with E-state index in [0.29, 0.717) is 51.7 Å². The fourth-order valence-corrected chi connectivity index (χ4v) is 6.74. The predicted octanol–water partition coefficient (Wildman–Crippen LogP) is 4.65. The average molecular weight is 624 g/mol. The zero-order valence-corrected chi connectivity index (χ0v) is 26.3. The quantitative estimate of drug-likeness (QED) is 0.254. The highest BCUT2D eigenvalue weighted by atomic mass is 35.5. The SMILES string of the molecule is CC(C)Cc1nc2c(cnn2[C@@H]2CCN(C3COC3)C[C@H]2C)c(-c2ccc3c(c2)ncc(=O)n3Cc2ncc(Cl)cn2)c1C#N. The van der Waals surface area contributed by atoms with Crippen molar-refractivity contribution in [3.8, 4) is 17.2 Å². The first-order chi connectivity index (χ1) is 21.8. The fraction of sp³-hybridized carbons (Fsp3) is 0.424. The van der Waals surface area contributed by atoms with E-state index in [1.165, 1.54) is 18.6 Å². The van der Waals surface area contributed by atoms with Crippen molar-refractivity contribution >= 4 is 33.7 Å². The molecule has 0 radical (unpaired) electrons. The number of hydrogen-bond donors (Lipinski definition) is 0. The molecule has 5 aromatic rings. The number of halogens is 1. The van der Waals surface area contributed by atoms with Crippen LogP contribution in [0.15, 0.2) is 47.8 Å². The number of rotatable bonds is 7. The second-order valence-corrected chi connectivity index (χ2v) is 13.0. The monoisotopic (exact) mass is 623 g/mol. The van der Waals surface area contributed by atoms with E-state index in [2.05, 4.69) is 51.4 Å². The summed E-state index contributed by atoms with van der Waals surface area (Å²) >= 11 is 5.96. The molecule has 11 nitrogen and oxygen atoms in total. The molecule has 0 spiro atoms. The zero-order chi connectivity index (χ0) is 31.2. The van der Waals surface area contributed by atoms with Crippen LogP contribution < -0.4 is 5.56 Å². The van der Waals surface area contributed by atoms with Gasteiger partial charge in [-0.1, -0.05) is 38.4 Å². The first-order valence-electron chi connectivity index (χ1n) is 15.4. The second kappa shape index (κ2) is 11.9. The smallest absolute Gasteiger partial charge is 0.269 e. The first-order valence-corrected chi connectivity index (χ1v) is 15.8. The third kappa shape index (κ3) is 5.47. The Morgan fingerprint density at radius 2 is 1.93 bits per heavy atom. The van der Waals surface area contributed by atoms with Crippen molar-refractivity contribution in [2.24, 2.45) is 11.8 Å². The highest BCUT2D eigenvalue weighted by molar-refractivity contribution is 6.30. The highest BCUT2D eigenvalue weighted by Crippen LogP contribution is 2.38. The molecule has 7 rings (SSSR count). The van der Waals surface area contributed by atoms with Crippen molar-refractivity contribution in [1.82, 2.24) is 39.2 Å². The summed E-state index contributed by atoms with van der Waals surface area (Å²) < 4.78 is 9.13. The van der Waals surface area contributed by atoms with E-state index in [0.717, 1.165) is 60.6 Å². The Morgan fingerprint density at radius 3 is 2.62 bits per heavy atom. The Hall–Kier alpha value is -4.24. The Kier molecular flexibility index (Phi) is 7.81. The number of nitrogens with zero attached hydrogens (tertiary/aromatic N) is 9. The number of hydrogen-bond acceptors (Lipinski definition) is 9. The molecule has 12 heteroatoms. The molecule has 0 N–H and O–H groups in total. The molecule has 45 heavy (non-hydrogen) atoms. The molecular formula is C33H34ClN9O2. The highest BCUT2D eigenvalue weighted by Gasteiger charge is 2.35. The molecule has 2 aliphatic heterocycles. The van der Waals surface area contributed by atoms with Crippen LogP contribution in [0, 0.1) is 23.2 Å². The third-order valence-corrected chi connectivity index (χ3v) is 9.18. The van der Waals surface area contributed by atoms with Gasteiger partial charge < -0.3 is 4.74 Å². The van der Waals surface area contributed by atoms with Crippen molar-refractivity contribution in [2.45, 2.75) is 52.2 Å². The number of fused-ring (bicyclic) bond motifs is 2. The molecule has 2 fully saturated rings. The van der Waals surface area contributed by atoms with Crippen molar-refractivity contribution in [3.63, 3.8) is 0 Å². The lowest BCUT2D eigenvalue weighted by Crippen LogP contribution is -2.54. The van der Waals surface area contributed by atoms with E-state index in [9.17, 15) is 10.1 Å². The van der Waals surface area contributed by atoms with E-state index in [-0.39, 0.29) is 18.1 Å². The summed E-state index contributed by atoms with van der Waals surface area (Å²) in [7, 11) is 0. The van der Waals surface area contributed by atoms with Crippen LogP contribution in [0.4, 0.5) is 0 Å². The van der Waals surface area contributed by atoms with Crippen LogP contribution in [0.1, 0.15) is 50.3 Å². The minimum Gasteiger partial charge on any atom is -0.378 e. The lowest BCUT2D eigenvalue weighted by molar-refractivity contribution is -0.0805. The Bertz CT molecular complexity index is 1990. The molecule has 0 bridgehead atoms. The second-order valence-electron chi connectivity index (χ2n) is 12.6. The summed E-state index contributed by atoms with van der Waals surface area (Å²) in [6.07, 6.45) is 7.82. The van der Waals surface area contributed by atoms with E-state index < -0.39 is 0 Å².